The molecule has 1 fully saturated rings. The molecule has 0 radical (unpaired) electrons. The van der Waals surface area contributed by atoms with E-state index in [2.05, 4.69) is 16.3 Å². The number of thioether (sulfide) groups is 1. The molecule has 0 amide bonds. The molecule has 5 nitrogen and oxygen atoms in total. The molecule has 1 heterocycles. The van der Waals surface area contributed by atoms with E-state index in [1.807, 2.05) is 30.6 Å². The Bertz CT molecular complexity index is 593. The van der Waals surface area contributed by atoms with E-state index in [1.54, 1.807) is 24.3 Å². The highest BCUT2D eigenvalue weighted by atomic mass is 32.2. The van der Waals surface area contributed by atoms with Crippen LogP contribution in [0, 0.1) is 0 Å². The summed E-state index contributed by atoms with van der Waals surface area (Å²) in [5, 5.41) is 3.33. The Hall–Kier alpha value is -1.54. The van der Waals surface area contributed by atoms with Crippen LogP contribution >= 0.6 is 11.8 Å². The average Bonchev–Trinajstić information content (AvgIpc) is 2.67. The molecule has 152 valence electrons. The highest BCUT2D eigenvalue weighted by molar-refractivity contribution is 8.00. The second-order valence-corrected chi connectivity index (χ2v) is 7.82. The van der Waals surface area contributed by atoms with E-state index in [0.717, 1.165) is 50.7 Å². The van der Waals surface area contributed by atoms with Crippen LogP contribution < -0.4 is 10.1 Å². The molecule has 0 aromatic heterocycles. The van der Waals surface area contributed by atoms with E-state index in [1.165, 1.54) is 0 Å². The zero-order chi connectivity index (χ0) is 19.7. The highest BCUT2D eigenvalue weighted by Gasteiger charge is 2.31. The van der Waals surface area contributed by atoms with Crippen molar-refractivity contribution in [3.8, 4) is 5.75 Å². The molecule has 0 aliphatic carbocycles. The second kappa shape index (κ2) is 10.7. The van der Waals surface area contributed by atoms with Crippen molar-refractivity contribution >= 4 is 17.7 Å². The molecule has 0 spiro atoms. The molecular formula is C19H29F2N3O2S. The molecule has 2 rings (SSSR count). The molecule has 8 heteroatoms. The van der Waals surface area contributed by atoms with Crippen LogP contribution in [0.25, 0.3) is 0 Å². The normalized spacial score (nSPS) is 17.0. The Morgan fingerprint density at radius 3 is 2.56 bits per heavy atom. The minimum Gasteiger partial charge on any atom is -0.435 e. The van der Waals surface area contributed by atoms with Crippen LogP contribution in [-0.2, 0) is 11.3 Å². The van der Waals surface area contributed by atoms with Gasteiger partial charge in [0.15, 0.2) is 5.96 Å². The molecule has 1 aliphatic rings. The van der Waals surface area contributed by atoms with Gasteiger partial charge in [-0.1, -0.05) is 12.1 Å². The number of rotatable bonds is 8. The minimum atomic E-state index is -2.81. The van der Waals surface area contributed by atoms with Crippen LogP contribution in [0.1, 0.15) is 25.3 Å². The maximum atomic E-state index is 12.3. The fourth-order valence-electron chi connectivity index (χ4n) is 2.98. The number of hydrogen-bond donors (Lipinski definition) is 1. The number of hydrogen-bond acceptors (Lipinski definition) is 4. The summed E-state index contributed by atoms with van der Waals surface area (Å²) in [6.07, 6.45) is 4.15. The van der Waals surface area contributed by atoms with Gasteiger partial charge in [0, 0.05) is 38.1 Å². The Labute approximate surface area is 164 Å². The summed E-state index contributed by atoms with van der Waals surface area (Å²) in [6.45, 7) is 2.95. The molecular weight excluding hydrogens is 372 g/mol. The zero-order valence-corrected chi connectivity index (χ0v) is 17.0. The van der Waals surface area contributed by atoms with Crippen molar-refractivity contribution in [1.29, 1.82) is 0 Å². The molecule has 0 unspecified atom stereocenters. The molecule has 1 aromatic carbocycles. The van der Waals surface area contributed by atoms with Crippen LogP contribution in [-0.4, -0.2) is 61.8 Å². The van der Waals surface area contributed by atoms with E-state index < -0.39 is 6.61 Å². The lowest BCUT2D eigenvalue weighted by molar-refractivity contribution is -0.0498. The Morgan fingerprint density at radius 1 is 1.33 bits per heavy atom. The van der Waals surface area contributed by atoms with E-state index in [4.69, 9.17) is 9.73 Å². The van der Waals surface area contributed by atoms with Crippen molar-refractivity contribution in [2.24, 2.45) is 4.99 Å². The largest absolute Gasteiger partial charge is 0.435 e. The predicted molar refractivity (Wildman–Crippen MR) is 107 cm³/mol. The van der Waals surface area contributed by atoms with Crippen LogP contribution in [0.4, 0.5) is 8.78 Å². The SMILES string of the molecule is CCNC(=NCC1(SC)CCOCC1)N(C)Cc1ccc(OC(F)F)cc1. The third-order valence-electron chi connectivity index (χ3n) is 4.62. The lowest BCUT2D eigenvalue weighted by Gasteiger charge is -2.34. The number of nitrogens with one attached hydrogen (secondary N) is 1. The van der Waals surface area contributed by atoms with Crippen molar-refractivity contribution in [1.82, 2.24) is 10.2 Å². The van der Waals surface area contributed by atoms with Gasteiger partial charge in [-0.2, -0.15) is 20.5 Å². The summed E-state index contributed by atoms with van der Waals surface area (Å²) in [5.41, 5.74) is 0.996. The first-order valence-corrected chi connectivity index (χ1v) is 10.4. The molecule has 27 heavy (non-hydrogen) atoms. The average molecular weight is 402 g/mol. The summed E-state index contributed by atoms with van der Waals surface area (Å²) in [4.78, 5) is 6.91. The fourth-order valence-corrected chi connectivity index (χ4v) is 3.75. The number of halogens is 2. The smallest absolute Gasteiger partial charge is 0.387 e. The Morgan fingerprint density at radius 2 is 2.00 bits per heavy atom. The first-order valence-electron chi connectivity index (χ1n) is 9.14. The van der Waals surface area contributed by atoms with Gasteiger partial charge in [0.05, 0.1) is 6.54 Å². The predicted octanol–water partition coefficient (Wildman–Crippen LogP) is 3.60. The molecule has 1 aromatic rings. The fraction of sp³-hybridized carbons (Fsp3) is 0.632. The summed E-state index contributed by atoms with van der Waals surface area (Å²) in [6, 6.07) is 6.70. The summed E-state index contributed by atoms with van der Waals surface area (Å²) in [5.74, 6) is 1.00. The third kappa shape index (κ3) is 6.84. The number of nitrogens with zero attached hydrogens (tertiary/aromatic N) is 2. The standard InChI is InChI=1S/C19H29F2N3O2S/c1-4-22-18(23-14-19(27-3)9-11-25-12-10-19)24(2)13-15-5-7-16(8-6-15)26-17(20)21/h5-8,17H,4,9-14H2,1-3H3,(H,22,23). The number of ether oxygens (including phenoxy) is 2. The number of guanidine groups is 1. The summed E-state index contributed by atoms with van der Waals surface area (Å²) in [7, 11) is 1.97. The van der Waals surface area contributed by atoms with Crippen LogP contribution in [0.3, 0.4) is 0 Å². The summed E-state index contributed by atoms with van der Waals surface area (Å²) >= 11 is 1.87. The van der Waals surface area contributed by atoms with E-state index >= 15 is 0 Å². The van der Waals surface area contributed by atoms with Crippen LogP contribution in [0.5, 0.6) is 5.75 Å². The molecule has 1 aliphatic heterocycles. The maximum absolute atomic E-state index is 12.3. The third-order valence-corrected chi connectivity index (χ3v) is 6.02. The summed E-state index contributed by atoms with van der Waals surface area (Å²) < 4.78 is 34.5. The van der Waals surface area contributed by atoms with Gasteiger partial charge in [0.2, 0.25) is 0 Å². The Balaban J connectivity index is 2.01. The Kier molecular flexibility index (Phi) is 8.63. The van der Waals surface area contributed by atoms with Gasteiger partial charge in [-0.15, -0.1) is 0 Å². The maximum Gasteiger partial charge on any atom is 0.387 e. The highest BCUT2D eigenvalue weighted by Crippen LogP contribution is 2.34. The van der Waals surface area contributed by atoms with Gasteiger partial charge in [-0.05, 0) is 43.7 Å². The number of benzene rings is 1. The molecule has 1 N–H and O–H groups in total. The number of alkyl halides is 2. The monoisotopic (exact) mass is 401 g/mol. The first-order chi connectivity index (χ1) is 13.0. The lowest BCUT2D eigenvalue weighted by Crippen LogP contribution is -2.41. The second-order valence-electron chi connectivity index (χ2n) is 6.55. The molecule has 0 bridgehead atoms. The van der Waals surface area contributed by atoms with Crippen molar-refractivity contribution < 1.29 is 18.3 Å². The van der Waals surface area contributed by atoms with Gasteiger partial charge in [0.1, 0.15) is 5.75 Å². The molecule has 0 atom stereocenters. The quantitative estimate of drug-likeness (QED) is 0.533. The van der Waals surface area contributed by atoms with Crippen molar-refractivity contribution in [2.75, 3.05) is 39.6 Å². The topological polar surface area (TPSA) is 46.1 Å². The molecule has 1 saturated heterocycles. The van der Waals surface area contributed by atoms with Gasteiger partial charge in [-0.3, -0.25) is 4.99 Å². The number of aliphatic imine (C=N–C) groups is 1. The van der Waals surface area contributed by atoms with Crippen molar-refractivity contribution in [3.63, 3.8) is 0 Å². The lowest BCUT2D eigenvalue weighted by atomic mass is 9.99. The van der Waals surface area contributed by atoms with Gasteiger partial charge in [0.25, 0.3) is 0 Å². The van der Waals surface area contributed by atoms with E-state index in [-0.39, 0.29) is 10.5 Å². The van der Waals surface area contributed by atoms with Gasteiger partial charge in [-0.25, -0.2) is 0 Å². The molecule has 0 saturated carbocycles. The zero-order valence-electron chi connectivity index (χ0n) is 16.2. The van der Waals surface area contributed by atoms with Crippen LogP contribution in [0.2, 0.25) is 0 Å². The van der Waals surface area contributed by atoms with Crippen LogP contribution in [0.15, 0.2) is 29.3 Å². The van der Waals surface area contributed by atoms with E-state index in [9.17, 15) is 8.78 Å². The van der Waals surface area contributed by atoms with Crippen molar-refractivity contribution in [2.45, 2.75) is 37.7 Å². The van der Waals surface area contributed by atoms with Gasteiger partial charge >= 0.3 is 6.61 Å². The van der Waals surface area contributed by atoms with E-state index in [0.29, 0.717) is 6.54 Å². The first kappa shape index (κ1) is 21.8. The minimum absolute atomic E-state index is 0.133. The van der Waals surface area contributed by atoms with Crippen molar-refractivity contribution in [3.05, 3.63) is 29.8 Å². The van der Waals surface area contributed by atoms with Gasteiger partial charge < -0.3 is 19.7 Å².